The van der Waals surface area contributed by atoms with Gasteiger partial charge in [0.15, 0.2) is 0 Å². The molecule has 0 saturated heterocycles. The molecule has 68 valence electrons. The monoisotopic (exact) mass is 178 g/mol. The van der Waals surface area contributed by atoms with Gasteiger partial charge in [0.05, 0.1) is 0 Å². The maximum atomic E-state index is 11.5. The van der Waals surface area contributed by atoms with E-state index in [0.717, 1.165) is 19.3 Å². The SMILES string of the molecule is CCCCP(=O)(O)C(C)CC. The molecule has 3 heteroatoms. The van der Waals surface area contributed by atoms with Gasteiger partial charge in [-0.15, -0.1) is 0 Å². The maximum Gasteiger partial charge on any atom is 0.203 e. The quantitative estimate of drug-likeness (QED) is 0.657. The summed E-state index contributed by atoms with van der Waals surface area (Å²) < 4.78 is 11.5. The Labute approximate surface area is 69.5 Å². The second-order valence-electron chi connectivity index (χ2n) is 3.09. The first-order chi connectivity index (χ1) is 5.04. The van der Waals surface area contributed by atoms with Crippen molar-refractivity contribution in [2.24, 2.45) is 0 Å². The van der Waals surface area contributed by atoms with E-state index < -0.39 is 7.37 Å². The first-order valence-corrected chi connectivity index (χ1v) is 6.27. The van der Waals surface area contributed by atoms with Gasteiger partial charge in [-0.2, -0.15) is 0 Å². The molecule has 0 aromatic heterocycles. The van der Waals surface area contributed by atoms with E-state index in [4.69, 9.17) is 0 Å². The smallest absolute Gasteiger partial charge is 0.203 e. The summed E-state index contributed by atoms with van der Waals surface area (Å²) in [6.07, 6.45) is 3.18. The molecule has 0 spiro atoms. The molecular formula is C8H19O2P. The van der Waals surface area contributed by atoms with E-state index in [-0.39, 0.29) is 5.66 Å². The predicted molar refractivity (Wildman–Crippen MR) is 49.4 cm³/mol. The molecule has 2 nitrogen and oxygen atoms in total. The van der Waals surface area contributed by atoms with E-state index >= 15 is 0 Å². The maximum absolute atomic E-state index is 11.5. The highest BCUT2D eigenvalue weighted by molar-refractivity contribution is 7.58. The molecule has 0 fully saturated rings. The van der Waals surface area contributed by atoms with Gasteiger partial charge in [0.25, 0.3) is 0 Å². The van der Waals surface area contributed by atoms with Crippen molar-refractivity contribution < 1.29 is 9.46 Å². The van der Waals surface area contributed by atoms with Crippen LogP contribution in [0.5, 0.6) is 0 Å². The number of hydrogen-bond acceptors (Lipinski definition) is 1. The molecule has 2 atom stereocenters. The average molecular weight is 178 g/mol. The van der Waals surface area contributed by atoms with Gasteiger partial charge in [-0.3, -0.25) is 4.57 Å². The lowest BCUT2D eigenvalue weighted by Crippen LogP contribution is -2.04. The molecular weight excluding hydrogens is 159 g/mol. The second kappa shape index (κ2) is 4.95. The average Bonchev–Trinajstić information content (AvgIpc) is 1.99. The van der Waals surface area contributed by atoms with Crippen molar-refractivity contribution in [3.8, 4) is 0 Å². The van der Waals surface area contributed by atoms with Crippen LogP contribution in [-0.4, -0.2) is 16.7 Å². The molecule has 0 radical (unpaired) electrons. The Kier molecular flexibility index (Phi) is 5.03. The first-order valence-electron chi connectivity index (χ1n) is 4.36. The molecule has 0 aromatic carbocycles. The molecule has 0 aliphatic carbocycles. The molecule has 11 heavy (non-hydrogen) atoms. The summed E-state index contributed by atoms with van der Waals surface area (Å²) in [5.41, 5.74) is -0.0194. The number of rotatable bonds is 5. The number of hydrogen-bond donors (Lipinski definition) is 1. The third-order valence-corrected chi connectivity index (χ3v) is 4.81. The van der Waals surface area contributed by atoms with Crippen molar-refractivity contribution in [3.63, 3.8) is 0 Å². The Morgan fingerprint density at radius 3 is 2.36 bits per heavy atom. The van der Waals surface area contributed by atoms with Gasteiger partial charge >= 0.3 is 0 Å². The second-order valence-corrected chi connectivity index (χ2v) is 5.93. The van der Waals surface area contributed by atoms with Crippen LogP contribution in [0.1, 0.15) is 40.0 Å². The van der Waals surface area contributed by atoms with Crippen molar-refractivity contribution in [2.45, 2.75) is 45.7 Å². The molecule has 0 saturated carbocycles. The third-order valence-electron chi connectivity index (χ3n) is 2.11. The van der Waals surface area contributed by atoms with Crippen LogP contribution in [-0.2, 0) is 4.57 Å². The van der Waals surface area contributed by atoms with Crippen LogP contribution >= 0.6 is 7.37 Å². The summed E-state index contributed by atoms with van der Waals surface area (Å²) in [6, 6.07) is 0. The third kappa shape index (κ3) is 3.93. The van der Waals surface area contributed by atoms with Crippen molar-refractivity contribution in [1.82, 2.24) is 0 Å². The largest absolute Gasteiger partial charge is 0.344 e. The molecule has 0 heterocycles. The van der Waals surface area contributed by atoms with Gasteiger partial charge in [-0.1, -0.05) is 27.2 Å². The van der Waals surface area contributed by atoms with Crippen molar-refractivity contribution in [3.05, 3.63) is 0 Å². The molecule has 0 aromatic rings. The van der Waals surface area contributed by atoms with E-state index in [1.165, 1.54) is 0 Å². The fraction of sp³-hybridized carbons (Fsp3) is 1.00. The van der Waals surface area contributed by atoms with Crippen LogP contribution in [0.3, 0.4) is 0 Å². The first kappa shape index (κ1) is 11.2. The van der Waals surface area contributed by atoms with Gasteiger partial charge < -0.3 is 4.89 Å². The minimum absolute atomic E-state index is 0.0194. The minimum Gasteiger partial charge on any atom is -0.344 e. The minimum atomic E-state index is -2.80. The summed E-state index contributed by atoms with van der Waals surface area (Å²) in [6.45, 7) is 5.85. The Morgan fingerprint density at radius 2 is 2.00 bits per heavy atom. The van der Waals surface area contributed by atoms with E-state index in [9.17, 15) is 9.46 Å². The van der Waals surface area contributed by atoms with Gasteiger partial charge in [0, 0.05) is 11.8 Å². The zero-order chi connectivity index (χ0) is 8.91. The van der Waals surface area contributed by atoms with E-state index in [1.807, 2.05) is 20.8 Å². The fourth-order valence-electron chi connectivity index (χ4n) is 0.890. The lowest BCUT2D eigenvalue weighted by Gasteiger charge is -2.16. The highest BCUT2D eigenvalue weighted by Gasteiger charge is 2.23. The highest BCUT2D eigenvalue weighted by Crippen LogP contribution is 2.47. The van der Waals surface area contributed by atoms with Crippen LogP contribution in [0.15, 0.2) is 0 Å². The Balaban J connectivity index is 3.89. The predicted octanol–water partition coefficient (Wildman–Crippen LogP) is 2.86. The van der Waals surface area contributed by atoms with Crippen LogP contribution < -0.4 is 0 Å². The topological polar surface area (TPSA) is 37.3 Å². The Hall–Kier alpha value is 0.190. The van der Waals surface area contributed by atoms with Crippen LogP contribution in [0, 0.1) is 0 Å². The normalized spacial score (nSPS) is 19.3. The molecule has 0 aliphatic heterocycles. The van der Waals surface area contributed by atoms with Gasteiger partial charge in [0.1, 0.15) is 0 Å². The summed E-state index contributed by atoms with van der Waals surface area (Å²) in [7, 11) is -2.80. The zero-order valence-electron chi connectivity index (χ0n) is 7.71. The lowest BCUT2D eigenvalue weighted by atomic mass is 10.4. The van der Waals surface area contributed by atoms with E-state index in [0.29, 0.717) is 6.16 Å². The lowest BCUT2D eigenvalue weighted by molar-refractivity contribution is 0.461. The number of unbranched alkanes of at least 4 members (excludes halogenated alkanes) is 1. The van der Waals surface area contributed by atoms with Crippen molar-refractivity contribution >= 4 is 7.37 Å². The summed E-state index contributed by atoms with van der Waals surface area (Å²) in [4.78, 5) is 9.47. The van der Waals surface area contributed by atoms with Crippen LogP contribution in [0.4, 0.5) is 0 Å². The standard InChI is InChI=1S/C8H19O2P/c1-4-6-7-11(9,10)8(3)5-2/h8H,4-7H2,1-3H3,(H,9,10). The highest BCUT2D eigenvalue weighted by atomic mass is 31.2. The van der Waals surface area contributed by atoms with Crippen molar-refractivity contribution in [2.75, 3.05) is 6.16 Å². The van der Waals surface area contributed by atoms with Gasteiger partial charge in [-0.25, -0.2) is 0 Å². The molecule has 0 bridgehead atoms. The van der Waals surface area contributed by atoms with E-state index in [1.54, 1.807) is 0 Å². The van der Waals surface area contributed by atoms with Crippen molar-refractivity contribution in [1.29, 1.82) is 0 Å². The van der Waals surface area contributed by atoms with Crippen LogP contribution in [0.2, 0.25) is 0 Å². The van der Waals surface area contributed by atoms with E-state index in [2.05, 4.69) is 0 Å². The molecule has 1 N–H and O–H groups in total. The molecule has 0 aliphatic rings. The molecule has 0 rings (SSSR count). The summed E-state index contributed by atoms with van der Waals surface area (Å²) in [5.74, 6) is 0. The van der Waals surface area contributed by atoms with Crippen LogP contribution in [0.25, 0.3) is 0 Å². The molecule has 0 amide bonds. The fourth-order valence-corrected chi connectivity index (χ4v) is 2.67. The summed E-state index contributed by atoms with van der Waals surface area (Å²) >= 11 is 0. The summed E-state index contributed by atoms with van der Waals surface area (Å²) in [5, 5.41) is 0. The van der Waals surface area contributed by atoms with Gasteiger partial charge in [0.2, 0.25) is 7.37 Å². The molecule has 2 unspecified atom stereocenters. The Bertz CT molecular complexity index is 145. The Morgan fingerprint density at radius 1 is 1.45 bits per heavy atom. The van der Waals surface area contributed by atoms with Gasteiger partial charge in [-0.05, 0) is 12.8 Å². The zero-order valence-corrected chi connectivity index (χ0v) is 8.60.